The minimum atomic E-state index is -3.70. The van der Waals surface area contributed by atoms with Crippen LogP contribution < -0.4 is 36.2 Å². The van der Waals surface area contributed by atoms with Crippen molar-refractivity contribution in [3.8, 4) is 0 Å². The van der Waals surface area contributed by atoms with Gasteiger partial charge in [-0.3, -0.25) is 19.2 Å². The van der Waals surface area contributed by atoms with Gasteiger partial charge in [-0.1, -0.05) is 39.0 Å². The van der Waals surface area contributed by atoms with Crippen LogP contribution in [0.5, 0.6) is 0 Å². The highest BCUT2D eigenvalue weighted by Gasteiger charge is 2.42. The lowest BCUT2D eigenvalue weighted by molar-refractivity contribution is -0.143. The van der Waals surface area contributed by atoms with Gasteiger partial charge in [0, 0.05) is 78.0 Å². The number of carbonyl (C=O) groups excluding carboxylic acids is 4. The number of likely N-dealkylation sites (tertiary alicyclic amines) is 1. The summed E-state index contributed by atoms with van der Waals surface area (Å²) in [5.74, 6) is 1.18. The molecule has 3 aromatic carbocycles. The van der Waals surface area contributed by atoms with Gasteiger partial charge in [0.25, 0.3) is 0 Å². The molecule has 1 aromatic heterocycles. The first-order valence-corrected chi connectivity index (χ1v) is 31.0. The minimum Gasteiger partial charge on any atom is -0.379 e. The van der Waals surface area contributed by atoms with Crippen LogP contribution in [0.3, 0.4) is 0 Å². The van der Waals surface area contributed by atoms with E-state index in [2.05, 4.69) is 46.2 Å². The predicted octanol–water partition coefficient (Wildman–Crippen LogP) is 6.94. The Kier molecular flexibility index (Phi) is 23.7. The van der Waals surface area contributed by atoms with Gasteiger partial charge < -0.3 is 70.0 Å². The van der Waals surface area contributed by atoms with Crippen LogP contribution in [0.4, 0.5) is 34.5 Å². The third kappa shape index (κ3) is 19.9. The number of thioether (sulfide) groups is 1. The van der Waals surface area contributed by atoms with Gasteiger partial charge >= 0.3 is 0 Å². The van der Waals surface area contributed by atoms with Crippen molar-refractivity contribution in [2.24, 2.45) is 5.41 Å². The zero-order valence-corrected chi connectivity index (χ0v) is 51.0. The monoisotopic (exact) mass is 1190 g/mol. The van der Waals surface area contributed by atoms with Gasteiger partial charge in [-0.25, -0.2) is 13.1 Å². The van der Waals surface area contributed by atoms with E-state index >= 15 is 0 Å². The van der Waals surface area contributed by atoms with E-state index in [1.807, 2.05) is 88.0 Å². The van der Waals surface area contributed by atoms with Crippen LogP contribution in [0.1, 0.15) is 85.4 Å². The van der Waals surface area contributed by atoms with Crippen LogP contribution >= 0.6 is 11.8 Å². The first kappa shape index (κ1) is 64.3. The van der Waals surface area contributed by atoms with E-state index in [-0.39, 0.29) is 41.6 Å². The quantitative estimate of drug-likeness (QED) is 0.0261. The number of H-pyrrole nitrogens is 1. The van der Waals surface area contributed by atoms with Crippen molar-refractivity contribution in [2.45, 2.75) is 104 Å². The van der Waals surface area contributed by atoms with Crippen LogP contribution in [0.25, 0.3) is 4.91 Å². The predicted molar refractivity (Wildman–Crippen MR) is 324 cm³/mol. The molecule has 4 heterocycles. The molecule has 7 rings (SSSR count). The summed E-state index contributed by atoms with van der Waals surface area (Å²) in [6.07, 6.45) is 1.61. The highest BCUT2D eigenvalue weighted by Crippen LogP contribution is 2.35. The molecule has 2 saturated heterocycles. The third-order valence-electron chi connectivity index (χ3n) is 13.8. The Morgan fingerprint density at radius 3 is 1.92 bits per heavy atom. The first-order valence-electron chi connectivity index (χ1n) is 28.5. The van der Waals surface area contributed by atoms with Crippen molar-refractivity contribution >= 4 is 84.8 Å². The van der Waals surface area contributed by atoms with Gasteiger partial charge in [-0.15, -0.1) is 11.8 Å². The maximum absolute atomic E-state index is 13.9. The molecule has 2 fully saturated rings. The number of aromatic amines is 1. The largest absolute Gasteiger partial charge is 0.379 e. The lowest BCUT2D eigenvalue weighted by atomic mass is 9.85. The number of allylic oxidation sites excluding steroid dienone is 1. The van der Waals surface area contributed by atoms with Crippen molar-refractivity contribution in [1.82, 2.24) is 35.1 Å². The number of nitrogens with zero attached hydrogens (tertiary/aromatic N) is 4. The van der Waals surface area contributed by atoms with Crippen molar-refractivity contribution < 1.29 is 51.3 Å². The summed E-state index contributed by atoms with van der Waals surface area (Å²) in [5.41, 5.74) is 4.94. The van der Waals surface area contributed by atoms with Gasteiger partial charge in [0.15, 0.2) is 5.82 Å². The molecular formula is C59H85N11O11S2. The molecule has 0 bridgehead atoms. The Morgan fingerprint density at radius 1 is 0.723 bits per heavy atom. The van der Waals surface area contributed by atoms with Crippen molar-refractivity contribution in [3.05, 3.63) is 89.8 Å². The normalized spacial score (nSPS) is 16.2. The van der Waals surface area contributed by atoms with Crippen molar-refractivity contribution in [1.29, 1.82) is 0 Å². The molecule has 0 aliphatic carbocycles. The fourth-order valence-electron chi connectivity index (χ4n) is 9.54. The van der Waals surface area contributed by atoms with Gasteiger partial charge in [0.2, 0.25) is 39.6 Å². The summed E-state index contributed by atoms with van der Waals surface area (Å²) < 4.78 is 56.5. The molecule has 4 amide bonds. The van der Waals surface area contributed by atoms with Crippen LogP contribution in [-0.2, 0) is 52.9 Å². The minimum absolute atomic E-state index is 0.0618. The molecule has 0 spiro atoms. The van der Waals surface area contributed by atoms with Crippen molar-refractivity contribution in [2.75, 3.05) is 126 Å². The maximum atomic E-state index is 13.9. The summed E-state index contributed by atoms with van der Waals surface area (Å²) >= 11 is 1.75. The number of nitrogens with one attached hydrogen (secondary N) is 7. The van der Waals surface area contributed by atoms with Crippen molar-refractivity contribution in [3.63, 3.8) is 0 Å². The smallest absolute Gasteiger partial charge is 0.247 e. The van der Waals surface area contributed by atoms with E-state index < -0.39 is 33.1 Å². The molecule has 3 aliphatic heterocycles. The number of imidazole rings is 1. The van der Waals surface area contributed by atoms with Crippen LogP contribution in [-0.4, -0.2) is 174 Å². The number of piperazine rings is 1. The number of hydrogen-bond acceptors (Lipinski definition) is 17. The maximum Gasteiger partial charge on any atom is 0.247 e. The zero-order valence-electron chi connectivity index (χ0n) is 49.3. The molecule has 7 N–H and O–H groups in total. The molecule has 24 heteroatoms. The van der Waals surface area contributed by atoms with E-state index in [1.165, 1.54) is 4.91 Å². The second-order valence-corrected chi connectivity index (χ2v) is 25.4. The van der Waals surface area contributed by atoms with Gasteiger partial charge in [0.1, 0.15) is 12.1 Å². The molecule has 83 heavy (non-hydrogen) atoms. The molecule has 2 atom stereocenters. The molecule has 2 unspecified atom stereocenters. The molecular weight excluding hydrogens is 1100 g/mol. The van der Waals surface area contributed by atoms with E-state index in [0.717, 1.165) is 34.2 Å². The van der Waals surface area contributed by atoms with E-state index in [9.17, 15) is 27.6 Å². The van der Waals surface area contributed by atoms with Crippen LogP contribution in [0.2, 0.25) is 0 Å². The highest BCUT2D eigenvalue weighted by atomic mass is 32.2. The number of carbonyl (C=O) groups is 4. The molecule has 454 valence electrons. The lowest BCUT2D eigenvalue weighted by Crippen LogP contribution is -2.57. The Labute approximate surface area is 493 Å². The molecule has 3 aliphatic rings. The third-order valence-corrected chi connectivity index (χ3v) is 16.7. The van der Waals surface area contributed by atoms with Gasteiger partial charge in [0.05, 0.1) is 89.0 Å². The summed E-state index contributed by atoms with van der Waals surface area (Å²) in [5, 5.41) is 15.8. The van der Waals surface area contributed by atoms with Crippen LogP contribution in [0, 0.1) is 12.3 Å². The number of ether oxygens (including phenoxy) is 5. The van der Waals surface area contributed by atoms with Gasteiger partial charge in [-0.2, -0.15) is 4.98 Å². The van der Waals surface area contributed by atoms with Crippen LogP contribution in [0.15, 0.2) is 83.4 Å². The molecule has 0 saturated carbocycles. The number of amides is 4. The first-order chi connectivity index (χ1) is 39.6. The summed E-state index contributed by atoms with van der Waals surface area (Å²) in [4.78, 5) is 68.4. The SMILES string of the molecule is CC1=C(c2ccc(NC(=O)C3CCCN3C(=O)C(NC(=O)CCOCCOCCOCCOCCOCCC(=O)N3CCN(c4ccc(Nc5nc(Nc6cccc(S(=O)(=O)NC(C)(C)C)c6)c(C)[nH]5)cc4)CC3)C(C)(C)C)cc2)SCN1. The average Bonchev–Trinajstić information content (AvgIpc) is 4.31. The molecule has 4 aromatic rings. The number of aromatic nitrogens is 2. The molecule has 22 nitrogen and oxygen atoms in total. The molecule has 0 radical (unpaired) electrons. The lowest BCUT2D eigenvalue weighted by Gasteiger charge is -2.36. The summed E-state index contributed by atoms with van der Waals surface area (Å²) in [6.45, 7) is 21.5. The second kappa shape index (κ2) is 30.5. The second-order valence-electron chi connectivity index (χ2n) is 22.7. The Morgan fingerprint density at radius 2 is 1.33 bits per heavy atom. The summed E-state index contributed by atoms with van der Waals surface area (Å²) in [7, 11) is -3.70. The Bertz CT molecular complexity index is 2920. The van der Waals surface area contributed by atoms with E-state index in [0.29, 0.717) is 135 Å². The number of sulfonamides is 1. The standard InChI is InChI=1S/C59H85N11O11S2/c1-41-52(82-40-60-41)43-14-16-44(17-15-43)63-55(73)49-13-10-24-70(49)56(74)53(58(3,4)5)65-50(71)22-29-77-31-33-79-35-37-81-38-36-80-34-32-78-30-23-51(72)69-27-25-68(26-28-69)47-20-18-45(19-21-47)64-57-61-42(2)54(66-57)62-46-11-9-12-48(39-46)83(75,76)67-59(6,7)8/h9,11-12,14-21,39,49,53,60,62,67H,10,13,22-38,40H2,1-8H3,(H,63,73)(H,65,71)(H2,61,64,66). The number of aryl methyl sites for hydroxylation is 1. The van der Waals surface area contributed by atoms with E-state index in [1.54, 1.807) is 61.7 Å². The number of rotatable bonds is 30. The fraction of sp³-hybridized carbons (Fsp3) is 0.542. The zero-order chi connectivity index (χ0) is 59.6. The Hall–Kier alpha value is -6.25. The fourth-order valence-corrected chi connectivity index (χ4v) is 12.0. The summed E-state index contributed by atoms with van der Waals surface area (Å²) in [6, 6.07) is 20.9. The Balaban J connectivity index is 0.668. The highest BCUT2D eigenvalue weighted by molar-refractivity contribution is 8.08. The van der Waals surface area contributed by atoms with E-state index in [4.69, 9.17) is 23.7 Å². The number of hydrogen-bond donors (Lipinski definition) is 7. The topological polar surface area (TPSA) is 259 Å². The van der Waals surface area contributed by atoms with Gasteiger partial charge in [-0.05, 0) is 113 Å². The average molecular weight is 1190 g/mol. The number of anilines is 6. The number of benzene rings is 3.